The highest BCUT2D eigenvalue weighted by Gasteiger charge is 2.08. The Balaban J connectivity index is 4.06. The molecule has 0 rings (SSSR count). The zero-order chi connectivity index (χ0) is 17.0. The minimum atomic E-state index is -0.707. The van der Waals surface area contributed by atoms with Gasteiger partial charge in [-0.1, -0.05) is 34.9 Å². The van der Waals surface area contributed by atoms with Crippen LogP contribution in [0.25, 0.3) is 0 Å². The van der Waals surface area contributed by atoms with Crippen LogP contribution in [-0.2, 0) is 4.74 Å². The molecule has 4 nitrogen and oxygen atoms in total. The molecule has 1 N–H and O–H groups in total. The zero-order valence-electron chi connectivity index (χ0n) is 14.7. The molecule has 1 amide bonds. The summed E-state index contributed by atoms with van der Waals surface area (Å²) in [7, 11) is 0. The predicted octanol–water partition coefficient (Wildman–Crippen LogP) is 5.25. The number of allylic oxidation sites excluding steroid dienone is 5. The van der Waals surface area contributed by atoms with E-state index in [0.29, 0.717) is 5.06 Å². The maximum Gasteiger partial charge on any atom is 0.434 e. The van der Waals surface area contributed by atoms with Crippen LogP contribution < -0.4 is 0 Å². The van der Waals surface area contributed by atoms with E-state index in [2.05, 4.69) is 32.9 Å². The van der Waals surface area contributed by atoms with Crippen molar-refractivity contribution in [3.05, 3.63) is 34.9 Å². The summed E-state index contributed by atoms with van der Waals surface area (Å²) in [6, 6.07) is 0. The van der Waals surface area contributed by atoms with Crippen LogP contribution in [0.3, 0.4) is 0 Å². The molecule has 0 aromatic heterocycles. The molecule has 0 saturated carbocycles. The van der Waals surface area contributed by atoms with Gasteiger partial charge in [0.2, 0.25) is 0 Å². The summed E-state index contributed by atoms with van der Waals surface area (Å²) in [5.74, 6) is 0. The maximum absolute atomic E-state index is 11.2. The minimum Gasteiger partial charge on any atom is -0.448 e. The number of carbonyl (C=O) groups is 1. The van der Waals surface area contributed by atoms with Crippen molar-refractivity contribution in [2.75, 3.05) is 13.2 Å². The molecular weight excluding hydrogens is 278 g/mol. The fourth-order valence-electron chi connectivity index (χ4n) is 1.85. The van der Waals surface area contributed by atoms with E-state index in [1.807, 2.05) is 13.0 Å². The summed E-state index contributed by atoms with van der Waals surface area (Å²) in [6.45, 7) is 10.5. The van der Waals surface area contributed by atoms with Crippen molar-refractivity contribution < 1.29 is 14.7 Å². The van der Waals surface area contributed by atoms with Gasteiger partial charge < -0.3 is 4.74 Å². The Morgan fingerprint density at radius 1 is 1.00 bits per heavy atom. The van der Waals surface area contributed by atoms with E-state index in [-0.39, 0.29) is 13.2 Å². The number of amides is 1. The van der Waals surface area contributed by atoms with E-state index < -0.39 is 6.09 Å². The maximum atomic E-state index is 11.2. The second-order valence-corrected chi connectivity index (χ2v) is 5.74. The summed E-state index contributed by atoms with van der Waals surface area (Å²) < 4.78 is 4.70. The fraction of sp³-hybridized carbons (Fsp3) is 0.611. The molecule has 0 bridgehead atoms. The van der Waals surface area contributed by atoms with Crippen LogP contribution in [0.4, 0.5) is 4.79 Å². The molecule has 0 aromatic carbocycles. The molecule has 0 aliphatic rings. The third-order valence-electron chi connectivity index (χ3n) is 3.21. The first-order valence-electron chi connectivity index (χ1n) is 7.94. The first-order valence-corrected chi connectivity index (χ1v) is 7.94. The summed E-state index contributed by atoms with van der Waals surface area (Å²) in [5.41, 5.74) is 3.92. The van der Waals surface area contributed by atoms with Crippen LogP contribution in [-0.4, -0.2) is 29.5 Å². The van der Waals surface area contributed by atoms with Crippen LogP contribution in [0, 0.1) is 0 Å². The van der Waals surface area contributed by atoms with Gasteiger partial charge in [-0.2, -0.15) is 5.06 Å². The number of carbonyl (C=O) groups excluding carboxylic acids is 1. The van der Waals surface area contributed by atoms with Gasteiger partial charge in [0.25, 0.3) is 0 Å². The molecule has 126 valence electrons. The van der Waals surface area contributed by atoms with Gasteiger partial charge in [-0.25, -0.2) is 4.79 Å². The molecule has 0 fully saturated rings. The molecule has 0 aliphatic heterocycles. The van der Waals surface area contributed by atoms with Crippen molar-refractivity contribution in [1.29, 1.82) is 0 Å². The second-order valence-electron chi connectivity index (χ2n) is 5.74. The number of hydroxylamine groups is 2. The van der Waals surface area contributed by atoms with Crippen molar-refractivity contribution in [3.8, 4) is 0 Å². The van der Waals surface area contributed by atoms with Crippen molar-refractivity contribution >= 4 is 6.09 Å². The lowest BCUT2D eigenvalue weighted by Crippen LogP contribution is -2.28. The minimum absolute atomic E-state index is 0.161. The van der Waals surface area contributed by atoms with Crippen LogP contribution in [0.2, 0.25) is 0 Å². The van der Waals surface area contributed by atoms with E-state index in [1.54, 1.807) is 6.92 Å². The Kier molecular flexibility index (Phi) is 11.2. The number of nitrogens with zero attached hydrogens (tertiary/aromatic N) is 1. The number of rotatable bonds is 9. The van der Waals surface area contributed by atoms with E-state index in [4.69, 9.17) is 4.74 Å². The van der Waals surface area contributed by atoms with Gasteiger partial charge in [-0.3, -0.25) is 5.21 Å². The second kappa shape index (κ2) is 12.0. The number of hydrogen-bond donors (Lipinski definition) is 1. The smallest absolute Gasteiger partial charge is 0.434 e. The molecule has 0 aromatic rings. The van der Waals surface area contributed by atoms with Gasteiger partial charge in [0.05, 0.1) is 13.2 Å². The molecule has 0 aliphatic carbocycles. The molecule has 0 heterocycles. The molecule has 4 heteroatoms. The third-order valence-corrected chi connectivity index (χ3v) is 3.21. The standard InChI is InChI=1S/C18H31NO3/c1-6-22-18(20)19(21)14-13-17(5)12-8-11-16(4)10-7-9-15(2)3/h9,11,13,21H,6-8,10,12,14H2,1-5H3/b16-11+,17-13+. The Hall–Kier alpha value is -1.55. The molecule has 0 spiro atoms. The highest BCUT2D eigenvalue weighted by Crippen LogP contribution is 2.11. The van der Waals surface area contributed by atoms with E-state index in [0.717, 1.165) is 31.3 Å². The highest BCUT2D eigenvalue weighted by atomic mass is 16.6. The number of hydrogen-bond acceptors (Lipinski definition) is 3. The lowest BCUT2D eigenvalue weighted by atomic mass is 10.1. The molecule has 22 heavy (non-hydrogen) atoms. The van der Waals surface area contributed by atoms with Gasteiger partial charge >= 0.3 is 6.09 Å². The summed E-state index contributed by atoms with van der Waals surface area (Å²) in [5, 5.41) is 10.0. The van der Waals surface area contributed by atoms with Gasteiger partial charge in [-0.05, 0) is 60.3 Å². The summed E-state index contributed by atoms with van der Waals surface area (Å²) >= 11 is 0. The predicted molar refractivity (Wildman–Crippen MR) is 90.9 cm³/mol. The van der Waals surface area contributed by atoms with Crippen LogP contribution in [0.15, 0.2) is 34.9 Å². The number of ether oxygens (including phenoxy) is 1. The zero-order valence-corrected chi connectivity index (χ0v) is 14.7. The Morgan fingerprint density at radius 3 is 2.09 bits per heavy atom. The van der Waals surface area contributed by atoms with Crippen molar-refractivity contribution in [2.45, 2.75) is 60.3 Å². The fourth-order valence-corrected chi connectivity index (χ4v) is 1.85. The molecular formula is C18H31NO3. The highest BCUT2D eigenvalue weighted by molar-refractivity contribution is 5.66. The van der Waals surface area contributed by atoms with E-state index in [1.165, 1.54) is 11.1 Å². The molecule has 0 unspecified atom stereocenters. The Bertz CT molecular complexity index is 418. The van der Waals surface area contributed by atoms with E-state index >= 15 is 0 Å². The van der Waals surface area contributed by atoms with Crippen LogP contribution in [0.1, 0.15) is 60.3 Å². The quantitative estimate of drug-likeness (QED) is 0.359. The third kappa shape index (κ3) is 11.1. The Labute approximate surface area is 135 Å². The normalized spacial score (nSPS) is 12.1. The SMILES string of the molecule is CCOC(=O)N(O)C/C=C(\C)CC/C=C(\C)CCC=C(C)C. The topological polar surface area (TPSA) is 49.8 Å². The average Bonchev–Trinajstić information content (AvgIpc) is 2.44. The summed E-state index contributed by atoms with van der Waals surface area (Å²) in [6.07, 6.45) is 9.76. The van der Waals surface area contributed by atoms with Gasteiger partial charge in [0, 0.05) is 0 Å². The van der Waals surface area contributed by atoms with Gasteiger partial charge in [-0.15, -0.1) is 0 Å². The van der Waals surface area contributed by atoms with Crippen molar-refractivity contribution in [2.24, 2.45) is 0 Å². The van der Waals surface area contributed by atoms with E-state index in [9.17, 15) is 10.0 Å². The van der Waals surface area contributed by atoms with Crippen molar-refractivity contribution in [1.82, 2.24) is 5.06 Å². The van der Waals surface area contributed by atoms with Gasteiger partial charge in [0.1, 0.15) is 0 Å². The average molecular weight is 309 g/mol. The lowest BCUT2D eigenvalue weighted by molar-refractivity contribution is -0.0643. The van der Waals surface area contributed by atoms with Crippen LogP contribution in [0.5, 0.6) is 0 Å². The molecule has 0 radical (unpaired) electrons. The Morgan fingerprint density at radius 2 is 1.55 bits per heavy atom. The first-order chi connectivity index (χ1) is 10.4. The monoisotopic (exact) mass is 309 g/mol. The first kappa shape index (κ1) is 20.5. The summed E-state index contributed by atoms with van der Waals surface area (Å²) in [4.78, 5) is 11.2. The van der Waals surface area contributed by atoms with Crippen LogP contribution >= 0.6 is 0 Å². The van der Waals surface area contributed by atoms with Gasteiger partial charge in [0.15, 0.2) is 0 Å². The molecule has 0 atom stereocenters. The lowest BCUT2D eigenvalue weighted by Gasteiger charge is -2.12. The van der Waals surface area contributed by atoms with Crippen molar-refractivity contribution in [3.63, 3.8) is 0 Å². The largest absolute Gasteiger partial charge is 0.448 e. The molecule has 0 saturated heterocycles.